The minimum Gasteiger partial charge on any atom is -0.450 e. The number of anilines is 1. The van der Waals surface area contributed by atoms with Crippen LogP contribution in [0.3, 0.4) is 0 Å². The van der Waals surface area contributed by atoms with Crippen LogP contribution in [0.5, 0.6) is 0 Å². The normalized spacial score (nSPS) is 17.3. The number of nitriles is 1. The molecule has 1 aromatic carbocycles. The van der Waals surface area contributed by atoms with E-state index in [1.807, 2.05) is 6.92 Å². The van der Waals surface area contributed by atoms with Gasteiger partial charge in [0, 0.05) is 24.0 Å². The molecule has 1 spiro atoms. The fraction of sp³-hybridized carbons (Fsp3) is 0.476. The molecule has 3 amide bonds. The van der Waals surface area contributed by atoms with Crippen LogP contribution in [0.2, 0.25) is 5.02 Å². The number of carbonyl (C=O) groups is 2. The average Bonchev–Trinajstić information content (AvgIpc) is 3.12. The Balaban J connectivity index is 1.84. The SMILES string of the molecule is CCN(CCC#N)C(=O)c1cc2cc(Cl)c3c(c2o1)C1(CCCCC1)NC(=O)N3. The Kier molecular flexibility index (Phi) is 5.13. The maximum Gasteiger partial charge on any atom is 0.319 e. The third-order valence-electron chi connectivity index (χ3n) is 5.91. The van der Waals surface area contributed by atoms with E-state index >= 15 is 0 Å². The van der Waals surface area contributed by atoms with Gasteiger partial charge in [-0.05, 0) is 31.9 Å². The number of benzene rings is 1. The van der Waals surface area contributed by atoms with Crippen LogP contribution in [0.4, 0.5) is 10.5 Å². The summed E-state index contributed by atoms with van der Waals surface area (Å²) in [5, 5.41) is 15.9. The number of nitrogens with one attached hydrogen (secondary N) is 2. The Morgan fingerprint density at radius 1 is 1.34 bits per heavy atom. The van der Waals surface area contributed by atoms with Gasteiger partial charge in [0.15, 0.2) is 5.76 Å². The van der Waals surface area contributed by atoms with Crippen LogP contribution in [-0.4, -0.2) is 29.9 Å². The van der Waals surface area contributed by atoms with Crippen molar-refractivity contribution < 1.29 is 14.0 Å². The maximum absolute atomic E-state index is 12.9. The first kappa shape index (κ1) is 19.6. The zero-order valence-corrected chi connectivity index (χ0v) is 17.1. The van der Waals surface area contributed by atoms with Crippen molar-refractivity contribution in [1.82, 2.24) is 10.2 Å². The van der Waals surface area contributed by atoms with Gasteiger partial charge in [0.25, 0.3) is 5.91 Å². The molecule has 7 nitrogen and oxygen atoms in total. The van der Waals surface area contributed by atoms with E-state index in [0.29, 0.717) is 29.4 Å². The predicted molar refractivity (Wildman–Crippen MR) is 110 cm³/mol. The summed E-state index contributed by atoms with van der Waals surface area (Å²) >= 11 is 6.52. The molecule has 8 heteroatoms. The van der Waals surface area contributed by atoms with Crippen LogP contribution in [0.15, 0.2) is 16.5 Å². The molecule has 29 heavy (non-hydrogen) atoms. The minimum atomic E-state index is -0.539. The summed E-state index contributed by atoms with van der Waals surface area (Å²) in [6.45, 7) is 2.70. The van der Waals surface area contributed by atoms with Crippen molar-refractivity contribution in [2.24, 2.45) is 0 Å². The van der Waals surface area contributed by atoms with E-state index in [1.54, 1.807) is 17.0 Å². The lowest BCUT2D eigenvalue weighted by atomic mass is 9.74. The lowest BCUT2D eigenvalue weighted by Gasteiger charge is -2.42. The van der Waals surface area contributed by atoms with Crippen molar-refractivity contribution in [3.63, 3.8) is 0 Å². The molecular formula is C21H23ClN4O3. The molecule has 4 rings (SSSR count). The van der Waals surface area contributed by atoms with Gasteiger partial charge in [-0.2, -0.15) is 5.26 Å². The number of halogens is 1. The molecule has 2 N–H and O–H groups in total. The minimum absolute atomic E-state index is 0.215. The Bertz CT molecular complexity index is 1020. The number of rotatable bonds is 4. The van der Waals surface area contributed by atoms with Gasteiger partial charge in [-0.1, -0.05) is 30.9 Å². The van der Waals surface area contributed by atoms with Crippen molar-refractivity contribution in [2.75, 3.05) is 18.4 Å². The van der Waals surface area contributed by atoms with E-state index in [4.69, 9.17) is 21.3 Å². The standard InChI is InChI=1S/C21H23ClN4O3/c1-2-26(10-6-9-23)19(27)15-12-13-11-14(22)17-16(18(13)29-15)21(25-20(28)24-17)7-4-3-5-8-21/h11-12H,2-8,10H2,1H3,(H2,24,25,28). The number of hydrogen-bond acceptors (Lipinski definition) is 4. The largest absolute Gasteiger partial charge is 0.450 e. The molecule has 1 fully saturated rings. The average molecular weight is 415 g/mol. The van der Waals surface area contributed by atoms with Gasteiger partial charge >= 0.3 is 6.03 Å². The van der Waals surface area contributed by atoms with Gasteiger partial charge in [-0.3, -0.25) is 4.79 Å². The highest BCUT2D eigenvalue weighted by Crippen LogP contribution is 2.49. The number of carbonyl (C=O) groups excluding carboxylic acids is 2. The summed E-state index contributed by atoms with van der Waals surface area (Å²) in [4.78, 5) is 26.8. The first-order chi connectivity index (χ1) is 14.0. The molecule has 2 aromatic rings. The molecule has 0 saturated heterocycles. The van der Waals surface area contributed by atoms with E-state index in [-0.39, 0.29) is 24.1 Å². The first-order valence-corrected chi connectivity index (χ1v) is 10.4. The lowest BCUT2D eigenvalue weighted by Crippen LogP contribution is -2.52. The van der Waals surface area contributed by atoms with Gasteiger partial charge in [-0.15, -0.1) is 0 Å². The summed E-state index contributed by atoms with van der Waals surface area (Å²) in [6.07, 6.45) is 4.98. The Labute approximate surface area is 174 Å². The summed E-state index contributed by atoms with van der Waals surface area (Å²) in [5.41, 5.74) is 1.44. The third-order valence-corrected chi connectivity index (χ3v) is 6.21. The number of nitrogens with zero attached hydrogens (tertiary/aromatic N) is 2. The van der Waals surface area contributed by atoms with Crippen LogP contribution < -0.4 is 10.6 Å². The highest BCUT2D eigenvalue weighted by atomic mass is 35.5. The Morgan fingerprint density at radius 2 is 2.10 bits per heavy atom. The smallest absolute Gasteiger partial charge is 0.319 e. The Morgan fingerprint density at radius 3 is 2.79 bits per heavy atom. The molecule has 0 radical (unpaired) electrons. The summed E-state index contributed by atoms with van der Waals surface area (Å²) in [6, 6.07) is 5.23. The number of amides is 3. The van der Waals surface area contributed by atoms with E-state index < -0.39 is 5.54 Å². The Hall–Kier alpha value is -2.72. The van der Waals surface area contributed by atoms with E-state index in [0.717, 1.165) is 43.1 Å². The van der Waals surface area contributed by atoms with Crippen molar-refractivity contribution in [3.8, 4) is 6.07 Å². The van der Waals surface area contributed by atoms with Crippen molar-refractivity contribution >= 4 is 40.2 Å². The van der Waals surface area contributed by atoms with Gasteiger partial charge in [-0.25, -0.2) is 4.79 Å². The fourth-order valence-electron chi connectivity index (χ4n) is 4.53. The second-order valence-electron chi connectivity index (χ2n) is 7.65. The third kappa shape index (κ3) is 3.32. The number of furan rings is 1. The van der Waals surface area contributed by atoms with Crippen LogP contribution in [-0.2, 0) is 5.54 Å². The molecule has 1 saturated carbocycles. The molecule has 0 bridgehead atoms. The molecule has 0 unspecified atom stereocenters. The maximum atomic E-state index is 12.9. The highest BCUT2D eigenvalue weighted by molar-refractivity contribution is 6.35. The molecule has 2 heterocycles. The fourth-order valence-corrected chi connectivity index (χ4v) is 4.79. The molecule has 1 aromatic heterocycles. The van der Waals surface area contributed by atoms with Gasteiger partial charge in [0.1, 0.15) is 5.58 Å². The topological polar surface area (TPSA) is 98.4 Å². The zero-order chi connectivity index (χ0) is 20.6. The van der Waals surface area contributed by atoms with Crippen LogP contribution >= 0.6 is 11.6 Å². The summed E-state index contributed by atoms with van der Waals surface area (Å²) in [7, 11) is 0. The van der Waals surface area contributed by atoms with E-state index in [9.17, 15) is 9.59 Å². The van der Waals surface area contributed by atoms with E-state index in [1.165, 1.54) is 0 Å². The number of fused-ring (bicyclic) bond motifs is 4. The van der Waals surface area contributed by atoms with Gasteiger partial charge in [0.05, 0.1) is 28.7 Å². The van der Waals surface area contributed by atoms with Crippen molar-refractivity contribution in [3.05, 3.63) is 28.5 Å². The number of hydrogen-bond donors (Lipinski definition) is 2. The molecule has 2 aliphatic rings. The lowest BCUT2D eigenvalue weighted by molar-refractivity contribution is 0.0738. The monoisotopic (exact) mass is 414 g/mol. The zero-order valence-electron chi connectivity index (χ0n) is 16.3. The second-order valence-corrected chi connectivity index (χ2v) is 8.06. The summed E-state index contributed by atoms with van der Waals surface area (Å²) < 4.78 is 6.08. The molecule has 152 valence electrons. The second kappa shape index (κ2) is 7.60. The number of urea groups is 1. The summed E-state index contributed by atoms with van der Waals surface area (Å²) in [5.74, 6) is -0.0403. The van der Waals surface area contributed by atoms with E-state index in [2.05, 4.69) is 16.7 Å². The molecule has 0 atom stereocenters. The van der Waals surface area contributed by atoms with Gasteiger partial charge < -0.3 is 20.0 Å². The quantitative estimate of drug-likeness (QED) is 0.753. The molecular weight excluding hydrogens is 392 g/mol. The predicted octanol–water partition coefficient (Wildman–Crippen LogP) is 4.76. The molecule has 1 aliphatic carbocycles. The van der Waals surface area contributed by atoms with Crippen molar-refractivity contribution in [2.45, 2.75) is 51.0 Å². The molecule has 1 aliphatic heterocycles. The van der Waals surface area contributed by atoms with Crippen LogP contribution in [0, 0.1) is 11.3 Å². The van der Waals surface area contributed by atoms with Crippen molar-refractivity contribution in [1.29, 1.82) is 5.26 Å². The first-order valence-electron chi connectivity index (χ1n) is 10.0. The van der Waals surface area contributed by atoms with Gasteiger partial charge in [0.2, 0.25) is 0 Å². The van der Waals surface area contributed by atoms with Crippen LogP contribution in [0.25, 0.3) is 11.0 Å². The highest BCUT2D eigenvalue weighted by Gasteiger charge is 2.44. The van der Waals surface area contributed by atoms with Crippen LogP contribution in [0.1, 0.15) is 61.6 Å².